The number of hydrazine groups is 1. The fraction of sp³-hybridized carbons (Fsp3) is 0.273. The van der Waals surface area contributed by atoms with Crippen LogP contribution in [0.5, 0.6) is 0 Å². The molecule has 2 aromatic rings. The number of nitrogens with zero attached hydrogens (tertiary/aromatic N) is 2. The molecule has 1 atom stereocenters. The normalized spacial score (nSPS) is 12.2. The molecule has 0 saturated heterocycles. The van der Waals surface area contributed by atoms with Crippen molar-refractivity contribution in [1.82, 2.24) is 9.97 Å². The number of aromatic nitrogens is 2. The molecule has 4 N–H and O–H groups in total. The second-order valence-corrected chi connectivity index (χ2v) is 4.70. The van der Waals surface area contributed by atoms with Gasteiger partial charge < -0.3 is 10.7 Å². The van der Waals surface area contributed by atoms with Crippen molar-refractivity contribution in [2.24, 2.45) is 5.84 Å². The number of hydrogen-bond donors (Lipinski definition) is 3. The molecule has 0 aromatic carbocycles. The van der Waals surface area contributed by atoms with Crippen LogP contribution in [0.3, 0.4) is 0 Å². The summed E-state index contributed by atoms with van der Waals surface area (Å²) in [4.78, 5) is 7.93. The Balaban J connectivity index is 2.27. The number of nitrogens with one attached hydrogen (secondary N) is 2. The molecular weight excluding hydrogens is 272 g/mol. The first-order valence-corrected chi connectivity index (χ1v) is 6.52. The van der Waals surface area contributed by atoms with E-state index in [1.54, 1.807) is 6.20 Å². The zero-order chi connectivity index (χ0) is 13.8. The average Bonchev–Trinajstić information content (AvgIpc) is 2.92. The largest absolute Gasteiger partial charge is 0.358 e. The van der Waals surface area contributed by atoms with Crippen molar-refractivity contribution < 1.29 is 8.78 Å². The zero-order valence-corrected chi connectivity index (χ0v) is 11.0. The zero-order valence-electron chi connectivity index (χ0n) is 10.2. The van der Waals surface area contributed by atoms with Crippen LogP contribution in [0.4, 0.5) is 20.4 Å². The minimum Gasteiger partial charge on any atom is -0.358 e. The van der Waals surface area contributed by atoms with Crippen molar-refractivity contribution >= 4 is 23.0 Å². The Labute approximate surface area is 112 Å². The van der Waals surface area contributed by atoms with E-state index < -0.39 is 11.6 Å². The van der Waals surface area contributed by atoms with Gasteiger partial charge in [0.25, 0.3) is 0 Å². The molecule has 0 spiro atoms. The molecule has 8 heteroatoms. The summed E-state index contributed by atoms with van der Waals surface area (Å²) in [6.07, 6.45) is 2.36. The lowest BCUT2D eigenvalue weighted by Gasteiger charge is -2.16. The lowest BCUT2D eigenvalue weighted by atomic mass is 10.2. The third-order valence-electron chi connectivity index (χ3n) is 2.53. The summed E-state index contributed by atoms with van der Waals surface area (Å²) in [5.41, 5.74) is 2.08. The van der Waals surface area contributed by atoms with Crippen LogP contribution < -0.4 is 16.6 Å². The number of anilines is 2. The highest BCUT2D eigenvalue weighted by molar-refractivity contribution is 7.09. The molecule has 0 radical (unpaired) electrons. The van der Waals surface area contributed by atoms with Crippen molar-refractivity contribution in [2.45, 2.75) is 19.4 Å². The second kappa shape index (κ2) is 5.89. The van der Waals surface area contributed by atoms with Gasteiger partial charge in [-0.25, -0.2) is 24.6 Å². The topological polar surface area (TPSA) is 75.9 Å². The lowest BCUT2D eigenvalue weighted by Crippen LogP contribution is -2.16. The molecule has 0 saturated carbocycles. The van der Waals surface area contributed by atoms with Gasteiger partial charge in [0.2, 0.25) is 0 Å². The highest BCUT2D eigenvalue weighted by Crippen LogP contribution is 2.26. The van der Waals surface area contributed by atoms with E-state index >= 15 is 0 Å². The molecular formula is C11H13F2N5S. The van der Waals surface area contributed by atoms with Gasteiger partial charge in [-0.15, -0.1) is 11.3 Å². The molecule has 0 bridgehead atoms. The highest BCUT2D eigenvalue weighted by atomic mass is 32.1. The van der Waals surface area contributed by atoms with Gasteiger partial charge >= 0.3 is 0 Å². The number of nitrogens with two attached hydrogens (primary N) is 1. The summed E-state index contributed by atoms with van der Waals surface area (Å²) >= 11 is 1.46. The number of rotatable bonds is 5. The first-order chi connectivity index (χ1) is 9.15. The van der Waals surface area contributed by atoms with Gasteiger partial charge in [-0.05, 0) is 6.42 Å². The van der Waals surface area contributed by atoms with Gasteiger partial charge in [0.15, 0.2) is 23.3 Å². The van der Waals surface area contributed by atoms with Crippen molar-refractivity contribution in [3.63, 3.8) is 0 Å². The second-order valence-electron chi connectivity index (χ2n) is 3.77. The van der Waals surface area contributed by atoms with Crippen molar-refractivity contribution in [1.29, 1.82) is 0 Å². The fourth-order valence-corrected chi connectivity index (χ4v) is 2.35. The summed E-state index contributed by atoms with van der Waals surface area (Å²) < 4.78 is 26.9. The van der Waals surface area contributed by atoms with Crippen LogP contribution in [-0.2, 0) is 0 Å². The van der Waals surface area contributed by atoms with E-state index in [0.717, 1.165) is 11.1 Å². The van der Waals surface area contributed by atoms with Crippen LogP contribution >= 0.6 is 11.3 Å². The summed E-state index contributed by atoms with van der Waals surface area (Å²) in [7, 11) is 0. The van der Waals surface area contributed by atoms with Crippen molar-refractivity contribution in [3.05, 3.63) is 34.3 Å². The van der Waals surface area contributed by atoms with Crippen LogP contribution in [0.2, 0.25) is 0 Å². The first-order valence-electron chi connectivity index (χ1n) is 5.64. The lowest BCUT2D eigenvalue weighted by molar-refractivity contribution is 0.574. The average molecular weight is 285 g/mol. The van der Waals surface area contributed by atoms with Gasteiger partial charge in [-0.1, -0.05) is 6.92 Å². The van der Waals surface area contributed by atoms with Gasteiger partial charge in [-0.3, -0.25) is 0 Å². The molecule has 5 nitrogen and oxygen atoms in total. The van der Waals surface area contributed by atoms with E-state index in [2.05, 4.69) is 20.7 Å². The first kappa shape index (κ1) is 13.6. The number of thiazole rings is 1. The number of nitrogen functional groups attached to an aromatic ring is 1. The molecule has 0 aliphatic heterocycles. The maximum Gasteiger partial charge on any atom is 0.178 e. The van der Waals surface area contributed by atoms with E-state index in [0.29, 0.717) is 6.42 Å². The Hall–Kier alpha value is -1.80. The molecule has 2 rings (SSSR count). The van der Waals surface area contributed by atoms with E-state index in [9.17, 15) is 8.78 Å². The quantitative estimate of drug-likeness (QED) is 0.581. The van der Waals surface area contributed by atoms with E-state index in [-0.39, 0.29) is 17.7 Å². The van der Waals surface area contributed by atoms with Crippen LogP contribution in [0.25, 0.3) is 0 Å². The Morgan fingerprint density at radius 3 is 2.68 bits per heavy atom. The molecule has 19 heavy (non-hydrogen) atoms. The molecule has 2 aromatic heterocycles. The number of hydrogen-bond acceptors (Lipinski definition) is 6. The number of halogens is 2. The molecule has 0 aliphatic rings. The monoisotopic (exact) mass is 285 g/mol. The summed E-state index contributed by atoms with van der Waals surface area (Å²) in [6.45, 7) is 1.93. The van der Waals surface area contributed by atoms with E-state index in [1.165, 1.54) is 11.3 Å². The fourth-order valence-electron chi connectivity index (χ4n) is 1.58. The van der Waals surface area contributed by atoms with Crippen LogP contribution in [-0.4, -0.2) is 9.97 Å². The summed E-state index contributed by atoms with van der Waals surface area (Å²) in [5.74, 6) is 3.23. The molecule has 2 heterocycles. The standard InChI is InChI=1S/C11H13F2N5S/c1-2-8(11-15-3-4-19-11)16-9-6(12)5-7(13)10(17-9)18-14/h3-5,8H,2,14H2,1H3,(H2,16,17,18). The molecule has 0 fully saturated rings. The summed E-state index contributed by atoms with van der Waals surface area (Å²) in [5, 5.41) is 5.55. The minimum absolute atomic E-state index is 0.0589. The van der Waals surface area contributed by atoms with E-state index in [4.69, 9.17) is 5.84 Å². The number of pyridine rings is 1. The van der Waals surface area contributed by atoms with Crippen LogP contribution in [0, 0.1) is 11.6 Å². The van der Waals surface area contributed by atoms with Crippen molar-refractivity contribution in [2.75, 3.05) is 10.7 Å². The van der Waals surface area contributed by atoms with Gasteiger partial charge in [0, 0.05) is 17.6 Å². The Morgan fingerprint density at radius 2 is 2.11 bits per heavy atom. The van der Waals surface area contributed by atoms with Gasteiger partial charge in [0.05, 0.1) is 6.04 Å². The smallest absolute Gasteiger partial charge is 0.178 e. The van der Waals surface area contributed by atoms with Crippen molar-refractivity contribution in [3.8, 4) is 0 Å². The Kier molecular flexibility index (Phi) is 4.23. The van der Waals surface area contributed by atoms with Crippen LogP contribution in [0.15, 0.2) is 17.6 Å². The maximum absolute atomic E-state index is 13.7. The molecule has 1 unspecified atom stereocenters. The Bertz CT molecular complexity index is 546. The van der Waals surface area contributed by atoms with Crippen LogP contribution in [0.1, 0.15) is 24.4 Å². The highest BCUT2D eigenvalue weighted by Gasteiger charge is 2.17. The summed E-state index contributed by atoms with van der Waals surface area (Å²) in [6, 6.07) is 0.553. The van der Waals surface area contributed by atoms with E-state index in [1.807, 2.05) is 12.3 Å². The molecule has 102 valence electrons. The third kappa shape index (κ3) is 2.96. The van der Waals surface area contributed by atoms with Gasteiger partial charge in [-0.2, -0.15) is 0 Å². The molecule has 0 amide bonds. The predicted octanol–water partition coefficient (Wildman–Crippen LogP) is 2.67. The Morgan fingerprint density at radius 1 is 1.37 bits per heavy atom. The predicted molar refractivity (Wildman–Crippen MR) is 70.7 cm³/mol. The maximum atomic E-state index is 13.7. The van der Waals surface area contributed by atoms with Gasteiger partial charge in [0.1, 0.15) is 5.01 Å². The SMILES string of the molecule is CCC(Nc1nc(NN)c(F)cc1F)c1nccs1. The minimum atomic E-state index is -0.840. The molecule has 0 aliphatic carbocycles. The third-order valence-corrected chi connectivity index (χ3v) is 3.42.